The zero-order chi connectivity index (χ0) is 15.7. The van der Waals surface area contributed by atoms with Gasteiger partial charge in [0.2, 0.25) is 0 Å². The van der Waals surface area contributed by atoms with E-state index in [9.17, 15) is 9.90 Å². The van der Waals surface area contributed by atoms with Crippen molar-refractivity contribution in [2.75, 3.05) is 25.1 Å². The zero-order valence-electron chi connectivity index (χ0n) is 12.4. The van der Waals surface area contributed by atoms with Crippen molar-refractivity contribution in [2.24, 2.45) is 7.05 Å². The molecular formula is C13H17N5O3S. The molecule has 1 unspecified atom stereocenters. The minimum Gasteiger partial charge on any atom is -0.477 e. The molecule has 2 aromatic rings. The Morgan fingerprint density at radius 2 is 2.36 bits per heavy atom. The van der Waals surface area contributed by atoms with Crippen molar-refractivity contribution in [1.82, 2.24) is 19.7 Å². The van der Waals surface area contributed by atoms with Crippen LogP contribution in [0.1, 0.15) is 22.5 Å². The second-order valence-electron chi connectivity index (χ2n) is 5.13. The highest BCUT2D eigenvalue weighted by Gasteiger charge is 2.27. The first-order valence-electron chi connectivity index (χ1n) is 6.96. The molecule has 118 valence electrons. The van der Waals surface area contributed by atoms with Gasteiger partial charge in [-0.2, -0.15) is 5.10 Å². The van der Waals surface area contributed by atoms with Crippen molar-refractivity contribution in [3.8, 4) is 11.5 Å². The fraction of sp³-hybridized carbons (Fsp3) is 0.538. The van der Waals surface area contributed by atoms with Crippen LogP contribution >= 0.6 is 11.3 Å². The molecule has 0 spiro atoms. The smallest absolute Gasteiger partial charge is 0.348 e. The number of anilines is 1. The van der Waals surface area contributed by atoms with Crippen LogP contribution in [0.25, 0.3) is 11.5 Å². The Balaban J connectivity index is 1.97. The number of carbonyl (C=O) groups is 1. The molecule has 0 aromatic carbocycles. The molecule has 0 radical (unpaired) electrons. The van der Waals surface area contributed by atoms with Crippen molar-refractivity contribution in [1.29, 1.82) is 0 Å². The van der Waals surface area contributed by atoms with Gasteiger partial charge < -0.3 is 14.7 Å². The number of aromatic nitrogens is 4. The van der Waals surface area contributed by atoms with Gasteiger partial charge in [0.05, 0.1) is 6.10 Å². The molecule has 1 aliphatic heterocycles. The van der Waals surface area contributed by atoms with E-state index in [1.54, 1.807) is 14.2 Å². The monoisotopic (exact) mass is 323 g/mol. The Bertz CT molecular complexity index is 683. The number of methoxy groups -OCH3 is 1. The van der Waals surface area contributed by atoms with Crippen molar-refractivity contribution < 1.29 is 14.6 Å². The number of nitrogens with zero attached hydrogens (tertiary/aromatic N) is 5. The van der Waals surface area contributed by atoms with Crippen LogP contribution in [0.3, 0.4) is 0 Å². The minimum absolute atomic E-state index is 0.157. The predicted molar refractivity (Wildman–Crippen MR) is 81.3 cm³/mol. The number of thiazole rings is 1. The third-order valence-corrected chi connectivity index (χ3v) is 4.82. The summed E-state index contributed by atoms with van der Waals surface area (Å²) in [5.41, 5.74) is 0.368. The number of carboxylic acids is 1. The lowest BCUT2D eigenvalue weighted by atomic mass is 10.1. The number of aromatic carboxylic acids is 1. The maximum absolute atomic E-state index is 11.5. The van der Waals surface area contributed by atoms with Crippen molar-refractivity contribution in [2.45, 2.75) is 18.9 Å². The normalized spacial score (nSPS) is 18.6. The van der Waals surface area contributed by atoms with Gasteiger partial charge in [-0.25, -0.2) is 19.4 Å². The third-order valence-electron chi connectivity index (χ3n) is 3.72. The molecule has 3 rings (SSSR count). The van der Waals surface area contributed by atoms with Gasteiger partial charge in [0.1, 0.15) is 16.9 Å². The molecule has 1 N–H and O–H groups in total. The highest BCUT2D eigenvalue weighted by atomic mass is 32.1. The number of hydrogen-bond acceptors (Lipinski definition) is 7. The highest BCUT2D eigenvalue weighted by molar-refractivity contribution is 7.17. The van der Waals surface area contributed by atoms with E-state index in [1.807, 2.05) is 0 Å². The quantitative estimate of drug-likeness (QED) is 0.905. The van der Waals surface area contributed by atoms with Gasteiger partial charge in [-0.3, -0.25) is 0 Å². The maximum Gasteiger partial charge on any atom is 0.348 e. The molecule has 1 saturated heterocycles. The van der Waals surface area contributed by atoms with Gasteiger partial charge in [-0.1, -0.05) is 11.3 Å². The van der Waals surface area contributed by atoms with Crippen molar-refractivity contribution in [3.05, 3.63) is 11.2 Å². The van der Waals surface area contributed by atoms with E-state index in [2.05, 4.69) is 20.0 Å². The molecule has 9 heteroatoms. The Hall–Kier alpha value is -2.00. The standard InChI is InChI=1S/C13H17N5O3S/c1-17-11(14-7-15-17)9-10(12(19)20)22-13(16-9)18-5-3-4-8(6-18)21-2/h7-8H,3-6H2,1-2H3,(H,19,20). The van der Waals surface area contributed by atoms with E-state index in [-0.39, 0.29) is 11.0 Å². The Labute approximate surface area is 131 Å². The minimum atomic E-state index is -0.998. The number of rotatable bonds is 4. The summed E-state index contributed by atoms with van der Waals surface area (Å²) < 4.78 is 6.94. The van der Waals surface area contributed by atoms with Gasteiger partial charge in [0.25, 0.3) is 0 Å². The van der Waals surface area contributed by atoms with Crippen molar-refractivity contribution in [3.63, 3.8) is 0 Å². The lowest BCUT2D eigenvalue weighted by Gasteiger charge is -2.31. The second-order valence-corrected chi connectivity index (χ2v) is 6.11. The SMILES string of the molecule is COC1CCCN(c2nc(-c3ncnn3C)c(C(=O)O)s2)C1. The molecule has 0 aliphatic carbocycles. The lowest BCUT2D eigenvalue weighted by Crippen LogP contribution is -2.39. The molecule has 0 amide bonds. The lowest BCUT2D eigenvalue weighted by molar-refractivity contribution is 0.0702. The van der Waals surface area contributed by atoms with Gasteiger partial charge in [0, 0.05) is 27.2 Å². The average molecular weight is 323 g/mol. The summed E-state index contributed by atoms with van der Waals surface area (Å²) in [5.74, 6) is -0.540. The first-order valence-corrected chi connectivity index (χ1v) is 7.78. The maximum atomic E-state index is 11.5. The fourth-order valence-electron chi connectivity index (χ4n) is 2.56. The summed E-state index contributed by atoms with van der Waals surface area (Å²) in [6, 6.07) is 0. The van der Waals surface area contributed by atoms with Crippen LogP contribution in [-0.4, -0.2) is 57.1 Å². The molecule has 1 fully saturated rings. The number of carboxylic acid groups (broad SMARTS) is 1. The summed E-state index contributed by atoms with van der Waals surface area (Å²) in [6.45, 7) is 1.58. The molecule has 0 bridgehead atoms. The van der Waals surface area contributed by atoms with E-state index in [1.165, 1.54) is 22.3 Å². The molecule has 1 atom stereocenters. The van der Waals surface area contributed by atoms with Gasteiger partial charge in [-0.15, -0.1) is 0 Å². The summed E-state index contributed by atoms with van der Waals surface area (Å²) in [5, 5.41) is 14.1. The van der Waals surface area contributed by atoms with Crippen LogP contribution < -0.4 is 4.90 Å². The highest BCUT2D eigenvalue weighted by Crippen LogP contribution is 2.33. The Morgan fingerprint density at radius 3 is 3.00 bits per heavy atom. The largest absolute Gasteiger partial charge is 0.477 e. The molecule has 2 aromatic heterocycles. The summed E-state index contributed by atoms with van der Waals surface area (Å²) in [6.07, 6.45) is 3.56. The van der Waals surface area contributed by atoms with Crippen LogP contribution in [0.4, 0.5) is 5.13 Å². The molecular weight excluding hydrogens is 306 g/mol. The summed E-state index contributed by atoms with van der Waals surface area (Å²) in [4.78, 5) is 22.4. The van der Waals surface area contributed by atoms with Crippen LogP contribution in [0.15, 0.2) is 6.33 Å². The van der Waals surface area contributed by atoms with Gasteiger partial charge in [0.15, 0.2) is 11.0 Å². The van der Waals surface area contributed by atoms with E-state index in [0.29, 0.717) is 16.6 Å². The van der Waals surface area contributed by atoms with E-state index >= 15 is 0 Å². The molecule has 22 heavy (non-hydrogen) atoms. The first kappa shape index (κ1) is 14.9. The molecule has 3 heterocycles. The molecule has 8 nitrogen and oxygen atoms in total. The Morgan fingerprint density at radius 1 is 1.55 bits per heavy atom. The van der Waals surface area contributed by atoms with Crippen LogP contribution in [0.5, 0.6) is 0 Å². The number of piperidine rings is 1. The zero-order valence-corrected chi connectivity index (χ0v) is 13.2. The van der Waals surface area contributed by atoms with E-state index in [4.69, 9.17) is 4.74 Å². The van der Waals surface area contributed by atoms with E-state index < -0.39 is 5.97 Å². The van der Waals surface area contributed by atoms with Crippen LogP contribution in [0.2, 0.25) is 0 Å². The second kappa shape index (κ2) is 6.01. The third kappa shape index (κ3) is 2.69. The molecule has 1 aliphatic rings. The number of ether oxygens (including phenoxy) is 1. The number of hydrogen-bond donors (Lipinski definition) is 1. The van der Waals surface area contributed by atoms with E-state index in [0.717, 1.165) is 25.9 Å². The van der Waals surface area contributed by atoms with Gasteiger partial charge >= 0.3 is 5.97 Å². The van der Waals surface area contributed by atoms with Gasteiger partial charge in [-0.05, 0) is 12.8 Å². The van der Waals surface area contributed by atoms with Crippen LogP contribution in [0, 0.1) is 0 Å². The fourth-order valence-corrected chi connectivity index (χ4v) is 3.49. The topological polar surface area (TPSA) is 93.4 Å². The summed E-state index contributed by atoms with van der Waals surface area (Å²) >= 11 is 1.17. The summed E-state index contributed by atoms with van der Waals surface area (Å²) in [7, 11) is 3.42. The number of aryl methyl sites for hydroxylation is 1. The Kier molecular flexibility index (Phi) is 4.08. The average Bonchev–Trinajstić information content (AvgIpc) is 3.13. The van der Waals surface area contributed by atoms with Crippen molar-refractivity contribution >= 4 is 22.4 Å². The molecule has 0 saturated carbocycles. The van der Waals surface area contributed by atoms with Crippen LogP contribution in [-0.2, 0) is 11.8 Å². The first-order chi connectivity index (χ1) is 10.6. The predicted octanol–water partition coefficient (Wildman–Crippen LogP) is 1.25.